The summed E-state index contributed by atoms with van der Waals surface area (Å²) in [7, 11) is 0. The summed E-state index contributed by atoms with van der Waals surface area (Å²) in [5.74, 6) is 0.327. The van der Waals surface area contributed by atoms with E-state index in [1.54, 1.807) is 22.9 Å². The molecule has 2 aliphatic heterocycles. The van der Waals surface area contributed by atoms with Crippen molar-refractivity contribution in [3.8, 4) is 0 Å². The maximum atomic E-state index is 12.7. The summed E-state index contributed by atoms with van der Waals surface area (Å²) < 4.78 is 5.36. The summed E-state index contributed by atoms with van der Waals surface area (Å²) in [5.41, 5.74) is 1.48. The number of hydrogen-bond acceptors (Lipinski definition) is 6. The SMILES string of the molecule is CSc1cccc(N2CC(C(=O)Nc3ccc(N4CCOCC4)nc3)CC2=O)c1. The number of aromatic nitrogens is 1. The van der Waals surface area contributed by atoms with Crippen LogP contribution in [0, 0.1) is 5.92 Å². The molecule has 1 aromatic carbocycles. The van der Waals surface area contributed by atoms with Gasteiger partial charge in [-0.05, 0) is 36.6 Å². The molecule has 1 unspecified atom stereocenters. The van der Waals surface area contributed by atoms with Gasteiger partial charge < -0.3 is 19.9 Å². The van der Waals surface area contributed by atoms with Gasteiger partial charge in [-0.15, -0.1) is 11.8 Å². The highest BCUT2D eigenvalue weighted by Crippen LogP contribution is 2.29. The van der Waals surface area contributed by atoms with Crippen molar-refractivity contribution in [3.05, 3.63) is 42.6 Å². The second-order valence-corrected chi connectivity index (χ2v) is 7.98. The molecule has 0 radical (unpaired) electrons. The molecule has 152 valence electrons. The Kier molecular flexibility index (Phi) is 6.01. The molecular weight excluding hydrogens is 388 g/mol. The van der Waals surface area contributed by atoms with Crippen LogP contribution >= 0.6 is 11.8 Å². The fourth-order valence-corrected chi connectivity index (χ4v) is 4.05. The van der Waals surface area contributed by atoms with Crippen molar-refractivity contribution >= 4 is 40.8 Å². The van der Waals surface area contributed by atoms with Crippen molar-refractivity contribution in [1.82, 2.24) is 4.98 Å². The first-order valence-corrected chi connectivity index (χ1v) is 10.9. The van der Waals surface area contributed by atoms with E-state index in [4.69, 9.17) is 4.74 Å². The molecule has 4 rings (SSSR count). The number of nitrogens with zero attached hydrogens (tertiary/aromatic N) is 3. The van der Waals surface area contributed by atoms with Gasteiger partial charge in [-0.1, -0.05) is 6.07 Å². The number of carbonyl (C=O) groups excluding carboxylic acids is 2. The number of amides is 2. The largest absolute Gasteiger partial charge is 0.378 e. The van der Waals surface area contributed by atoms with E-state index < -0.39 is 0 Å². The first-order chi connectivity index (χ1) is 14.1. The maximum Gasteiger partial charge on any atom is 0.229 e. The first-order valence-electron chi connectivity index (χ1n) is 9.68. The Hall–Kier alpha value is -2.58. The molecule has 7 nitrogen and oxygen atoms in total. The van der Waals surface area contributed by atoms with Crippen LogP contribution in [0.2, 0.25) is 0 Å². The predicted molar refractivity (Wildman–Crippen MR) is 115 cm³/mol. The van der Waals surface area contributed by atoms with Gasteiger partial charge in [0.05, 0.1) is 31.0 Å². The Morgan fingerprint density at radius 3 is 2.79 bits per heavy atom. The lowest BCUT2D eigenvalue weighted by Gasteiger charge is -2.27. The van der Waals surface area contributed by atoms with Crippen LogP contribution in [0.25, 0.3) is 0 Å². The Morgan fingerprint density at radius 1 is 1.24 bits per heavy atom. The monoisotopic (exact) mass is 412 g/mol. The third kappa shape index (κ3) is 4.54. The highest BCUT2D eigenvalue weighted by molar-refractivity contribution is 7.98. The lowest BCUT2D eigenvalue weighted by atomic mass is 10.1. The number of carbonyl (C=O) groups is 2. The molecule has 2 aromatic rings. The zero-order valence-electron chi connectivity index (χ0n) is 16.3. The highest BCUT2D eigenvalue weighted by Gasteiger charge is 2.35. The van der Waals surface area contributed by atoms with Crippen LogP contribution in [0.15, 0.2) is 47.5 Å². The van der Waals surface area contributed by atoms with E-state index in [0.717, 1.165) is 29.5 Å². The lowest BCUT2D eigenvalue weighted by molar-refractivity contribution is -0.122. The number of benzene rings is 1. The van der Waals surface area contributed by atoms with Crippen LogP contribution < -0.4 is 15.1 Å². The maximum absolute atomic E-state index is 12.7. The minimum Gasteiger partial charge on any atom is -0.378 e. The molecule has 8 heteroatoms. The summed E-state index contributed by atoms with van der Waals surface area (Å²) in [5, 5.41) is 2.90. The van der Waals surface area contributed by atoms with E-state index in [1.165, 1.54) is 0 Å². The van der Waals surface area contributed by atoms with Crippen LogP contribution in [0.1, 0.15) is 6.42 Å². The fraction of sp³-hybridized carbons (Fsp3) is 0.381. The van der Waals surface area contributed by atoms with Crippen LogP contribution in [0.3, 0.4) is 0 Å². The molecule has 1 aromatic heterocycles. The smallest absolute Gasteiger partial charge is 0.229 e. The minimum absolute atomic E-state index is 0.0239. The van der Waals surface area contributed by atoms with Crippen molar-refractivity contribution in [3.63, 3.8) is 0 Å². The molecule has 2 aliphatic rings. The number of rotatable bonds is 5. The molecule has 2 saturated heterocycles. The average molecular weight is 413 g/mol. The molecule has 0 bridgehead atoms. The second-order valence-electron chi connectivity index (χ2n) is 7.10. The number of hydrogen-bond donors (Lipinski definition) is 1. The zero-order chi connectivity index (χ0) is 20.2. The van der Waals surface area contributed by atoms with Crippen LogP contribution in [-0.4, -0.2) is 55.9 Å². The number of nitrogens with one attached hydrogen (secondary N) is 1. The Bertz CT molecular complexity index is 884. The Balaban J connectivity index is 1.38. The van der Waals surface area contributed by atoms with Gasteiger partial charge in [0.2, 0.25) is 11.8 Å². The van der Waals surface area contributed by atoms with Gasteiger partial charge in [0.25, 0.3) is 0 Å². The fourth-order valence-electron chi connectivity index (χ4n) is 3.59. The van der Waals surface area contributed by atoms with Crippen molar-refractivity contribution in [1.29, 1.82) is 0 Å². The van der Waals surface area contributed by atoms with E-state index in [0.29, 0.717) is 25.4 Å². The summed E-state index contributed by atoms with van der Waals surface area (Å²) in [6.07, 6.45) is 3.88. The van der Waals surface area contributed by atoms with Gasteiger partial charge in [0.1, 0.15) is 5.82 Å². The normalized spacial score (nSPS) is 19.5. The van der Waals surface area contributed by atoms with Crippen molar-refractivity contribution < 1.29 is 14.3 Å². The Morgan fingerprint density at radius 2 is 2.07 bits per heavy atom. The zero-order valence-corrected chi connectivity index (χ0v) is 17.2. The summed E-state index contributed by atoms with van der Waals surface area (Å²) in [6, 6.07) is 11.6. The summed E-state index contributed by atoms with van der Waals surface area (Å²) in [4.78, 5) is 34.6. The second kappa shape index (κ2) is 8.84. The number of thioether (sulfide) groups is 1. The first kappa shape index (κ1) is 19.7. The van der Waals surface area contributed by atoms with Gasteiger partial charge in [0.15, 0.2) is 0 Å². The van der Waals surface area contributed by atoms with E-state index in [1.807, 2.05) is 42.7 Å². The van der Waals surface area contributed by atoms with Gasteiger partial charge in [-0.3, -0.25) is 9.59 Å². The molecule has 1 N–H and O–H groups in total. The van der Waals surface area contributed by atoms with Gasteiger partial charge in [0, 0.05) is 36.6 Å². The predicted octanol–water partition coefficient (Wildman–Crippen LogP) is 2.63. The molecule has 0 saturated carbocycles. The topological polar surface area (TPSA) is 74.8 Å². The van der Waals surface area contributed by atoms with E-state index in [9.17, 15) is 9.59 Å². The van der Waals surface area contributed by atoms with Crippen LogP contribution in [-0.2, 0) is 14.3 Å². The van der Waals surface area contributed by atoms with E-state index >= 15 is 0 Å². The van der Waals surface area contributed by atoms with Crippen LogP contribution in [0.4, 0.5) is 17.2 Å². The third-order valence-electron chi connectivity index (χ3n) is 5.21. The molecule has 0 spiro atoms. The number of morpholine rings is 1. The minimum atomic E-state index is -0.376. The van der Waals surface area contributed by atoms with Crippen LogP contribution in [0.5, 0.6) is 0 Å². The Labute approximate surface area is 174 Å². The van der Waals surface area contributed by atoms with E-state index in [-0.39, 0.29) is 24.2 Å². The van der Waals surface area contributed by atoms with Crippen molar-refractivity contribution in [2.45, 2.75) is 11.3 Å². The number of pyridine rings is 1. The summed E-state index contributed by atoms with van der Waals surface area (Å²) in [6.45, 7) is 3.42. The molecule has 2 fully saturated rings. The number of ether oxygens (including phenoxy) is 1. The molecule has 29 heavy (non-hydrogen) atoms. The standard InChI is InChI=1S/C21H24N4O3S/c1-29-18-4-2-3-17(12-18)25-14-15(11-20(25)26)21(27)23-16-5-6-19(22-13-16)24-7-9-28-10-8-24/h2-6,12-13,15H,7-11,14H2,1H3,(H,23,27). The van der Waals surface area contributed by atoms with Crippen molar-refractivity contribution in [2.24, 2.45) is 5.92 Å². The molecular formula is C21H24N4O3S. The molecule has 0 aliphatic carbocycles. The molecule has 2 amide bonds. The van der Waals surface area contributed by atoms with Crippen molar-refractivity contribution in [2.75, 3.05) is 54.2 Å². The molecule has 3 heterocycles. The highest BCUT2D eigenvalue weighted by atomic mass is 32.2. The average Bonchev–Trinajstić information content (AvgIpc) is 3.17. The summed E-state index contributed by atoms with van der Waals surface area (Å²) >= 11 is 1.63. The van der Waals surface area contributed by atoms with Gasteiger partial charge in [-0.2, -0.15) is 0 Å². The third-order valence-corrected chi connectivity index (χ3v) is 5.94. The van der Waals surface area contributed by atoms with Gasteiger partial charge in [-0.25, -0.2) is 4.98 Å². The van der Waals surface area contributed by atoms with Gasteiger partial charge >= 0.3 is 0 Å². The van der Waals surface area contributed by atoms with E-state index in [2.05, 4.69) is 15.2 Å². The lowest BCUT2D eigenvalue weighted by Crippen LogP contribution is -2.36. The quantitative estimate of drug-likeness (QED) is 0.761. The molecule has 1 atom stereocenters. The number of anilines is 3.